The molecule has 7 heteroatoms. The minimum absolute atomic E-state index is 0.0102. The Labute approximate surface area is 111 Å². The molecule has 1 aromatic rings. The summed E-state index contributed by atoms with van der Waals surface area (Å²) >= 11 is 0. The van der Waals surface area contributed by atoms with Crippen molar-refractivity contribution < 1.29 is 14.7 Å². The van der Waals surface area contributed by atoms with Gasteiger partial charge in [0.05, 0.1) is 6.42 Å². The van der Waals surface area contributed by atoms with Crippen LogP contribution in [0.15, 0.2) is 12.1 Å². The van der Waals surface area contributed by atoms with Gasteiger partial charge in [-0.05, 0) is 25.5 Å². The SMILES string of the molecule is CCNC(=O)c1ccc(NC(CC)CC(=O)O)nn1. The number of anilines is 1. The summed E-state index contributed by atoms with van der Waals surface area (Å²) in [6.45, 7) is 4.23. The number of nitrogens with one attached hydrogen (secondary N) is 2. The Balaban J connectivity index is 2.65. The smallest absolute Gasteiger partial charge is 0.305 e. The van der Waals surface area contributed by atoms with Crippen molar-refractivity contribution in [1.82, 2.24) is 15.5 Å². The number of carbonyl (C=O) groups is 2. The van der Waals surface area contributed by atoms with Gasteiger partial charge in [-0.2, -0.15) is 0 Å². The topological polar surface area (TPSA) is 104 Å². The Kier molecular flexibility index (Phi) is 5.72. The van der Waals surface area contributed by atoms with Crippen LogP contribution in [0.5, 0.6) is 0 Å². The van der Waals surface area contributed by atoms with Gasteiger partial charge in [-0.15, -0.1) is 10.2 Å². The third kappa shape index (κ3) is 4.90. The number of nitrogens with zero attached hydrogens (tertiary/aromatic N) is 2. The number of carboxylic acid groups (broad SMARTS) is 1. The summed E-state index contributed by atoms with van der Waals surface area (Å²) < 4.78 is 0. The number of aliphatic carboxylic acids is 1. The van der Waals surface area contributed by atoms with Crippen LogP contribution in [0.2, 0.25) is 0 Å². The molecule has 1 rings (SSSR count). The predicted molar refractivity (Wildman–Crippen MR) is 70.0 cm³/mol. The zero-order chi connectivity index (χ0) is 14.3. The van der Waals surface area contributed by atoms with Crippen molar-refractivity contribution in [2.75, 3.05) is 11.9 Å². The van der Waals surface area contributed by atoms with Gasteiger partial charge in [0.25, 0.3) is 5.91 Å². The van der Waals surface area contributed by atoms with E-state index in [0.717, 1.165) is 0 Å². The van der Waals surface area contributed by atoms with Crippen LogP contribution in [-0.4, -0.2) is 39.8 Å². The first-order valence-corrected chi connectivity index (χ1v) is 6.17. The highest BCUT2D eigenvalue weighted by Crippen LogP contribution is 2.08. The molecule has 1 amide bonds. The Morgan fingerprint density at radius 3 is 2.53 bits per heavy atom. The standard InChI is InChI=1S/C12H18N4O3/c1-3-8(7-11(17)18)14-10-6-5-9(15-16-10)12(19)13-4-2/h5-6,8H,3-4,7H2,1-2H3,(H,13,19)(H,14,16)(H,17,18). The van der Waals surface area contributed by atoms with Gasteiger partial charge in [0.2, 0.25) is 0 Å². The Hall–Kier alpha value is -2.18. The van der Waals surface area contributed by atoms with Gasteiger partial charge in [0.15, 0.2) is 5.69 Å². The van der Waals surface area contributed by atoms with Gasteiger partial charge >= 0.3 is 5.97 Å². The quantitative estimate of drug-likeness (QED) is 0.677. The predicted octanol–water partition coefficient (Wildman–Crippen LogP) is 0.891. The summed E-state index contributed by atoms with van der Waals surface area (Å²) in [5.41, 5.74) is 0.235. The number of hydrogen-bond donors (Lipinski definition) is 3. The molecule has 0 spiro atoms. The molecule has 7 nitrogen and oxygen atoms in total. The van der Waals surface area contributed by atoms with Crippen molar-refractivity contribution in [3.05, 3.63) is 17.8 Å². The largest absolute Gasteiger partial charge is 0.481 e. The molecule has 1 aromatic heterocycles. The molecule has 1 atom stereocenters. The third-order valence-electron chi connectivity index (χ3n) is 2.50. The summed E-state index contributed by atoms with van der Waals surface area (Å²) in [5.74, 6) is -0.688. The fraction of sp³-hybridized carbons (Fsp3) is 0.500. The van der Waals surface area contributed by atoms with E-state index < -0.39 is 5.97 Å². The lowest BCUT2D eigenvalue weighted by atomic mass is 10.1. The van der Waals surface area contributed by atoms with Crippen molar-refractivity contribution >= 4 is 17.7 Å². The number of carboxylic acids is 1. The van der Waals surface area contributed by atoms with Crippen LogP contribution in [0.3, 0.4) is 0 Å². The zero-order valence-electron chi connectivity index (χ0n) is 11.0. The number of aromatic nitrogens is 2. The summed E-state index contributed by atoms with van der Waals surface area (Å²) in [6, 6.07) is 2.96. The second-order valence-electron chi connectivity index (χ2n) is 4.01. The molecule has 0 aromatic carbocycles. The van der Waals surface area contributed by atoms with Crippen molar-refractivity contribution in [2.45, 2.75) is 32.7 Å². The van der Waals surface area contributed by atoms with Gasteiger partial charge in [0.1, 0.15) is 5.82 Å². The third-order valence-corrected chi connectivity index (χ3v) is 2.50. The highest BCUT2D eigenvalue weighted by atomic mass is 16.4. The molecule has 0 bridgehead atoms. The molecule has 0 aliphatic rings. The Morgan fingerprint density at radius 1 is 1.32 bits per heavy atom. The lowest BCUT2D eigenvalue weighted by Gasteiger charge is -2.14. The summed E-state index contributed by atoms with van der Waals surface area (Å²) in [6.07, 6.45) is 0.669. The average molecular weight is 266 g/mol. The maximum absolute atomic E-state index is 11.5. The summed E-state index contributed by atoms with van der Waals surface area (Å²) in [5, 5.41) is 22.0. The normalized spacial score (nSPS) is 11.7. The van der Waals surface area contributed by atoms with Gasteiger partial charge in [0, 0.05) is 12.6 Å². The fourth-order valence-corrected chi connectivity index (χ4v) is 1.50. The molecule has 0 fully saturated rings. The molecule has 3 N–H and O–H groups in total. The van der Waals surface area contributed by atoms with Gasteiger partial charge in [-0.3, -0.25) is 9.59 Å². The number of hydrogen-bond acceptors (Lipinski definition) is 5. The lowest BCUT2D eigenvalue weighted by Crippen LogP contribution is -2.25. The van der Waals surface area contributed by atoms with Gasteiger partial charge in [-0.1, -0.05) is 6.92 Å². The van der Waals surface area contributed by atoms with Crippen molar-refractivity contribution in [3.8, 4) is 0 Å². The molecule has 0 radical (unpaired) electrons. The van der Waals surface area contributed by atoms with Crippen molar-refractivity contribution in [2.24, 2.45) is 0 Å². The van der Waals surface area contributed by atoms with Crippen LogP contribution >= 0.6 is 0 Å². The molecule has 0 aliphatic heterocycles. The minimum atomic E-state index is -0.869. The van der Waals surface area contributed by atoms with E-state index in [1.807, 2.05) is 13.8 Å². The van der Waals surface area contributed by atoms with Crippen LogP contribution in [-0.2, 0) is 4.79 Å². The van der Waals surface area contributed by atoms with Crippen molar-refractivity contribution in [3.63, 3.8) is 0 Å². The van der Waals surface area contributed by atoms with E-state index in [2.05, 4.69) is 20.8 Å². The van der Waals surface area contributed by atoms with E-state index >= 15 is 0 Å². The van der Waals surface area contributed by atoms with E-state index in [4.69, 9.17) is 5.11 Å². The number of carbonyl (C=O) groups excluding carboxylic acids is 1. The molecule has 19 heavy (non-hydrogen) atoms. The lowest BCUT2D eigenvalue weighted by molar-refractivity contribution is -0.137. The Morgan fingerprint density at radius 2 is 2.05 bits per heavy atom. The zero-order valence-corrected chi connectivity index (χ0v) is 11.0. The average Bonchev–Trinajstić information content (AvgIpc) is 2.38. The molecule has 1 heterocycles. The van der Waals surface area contributed by atoms with Gasteiger partial charge in [-0.25, -0.2) is 0 Å². The molecular formula is C12H18N4O3. The first-order chi connectivity index (χ1) is 9.06. The summed E-state index contributed by atoms with van der Waals surface area (Å²) in [7, 11) is 0. The molecular weight excluding hydrogens is 248 g/mol. The fourth-order valence-electron chi connectivity index (χ4n) is 1.50. The van der Waals surface area contributed by atoms with E-state index in [1.54, 1.807) is 12.1 Å². The van der Waals surface area contributed by atoms with Crippen molar-refractivity contribution in [1.29, 1.82) is 0 Å². The van der Waals surface area contributed by atoms with Gasteiger partial charge < -0.3 is 15.7 Å². The van der Waals surface area contributed by atoms with Crippen LogP contribution in [0.1, 0.15) is 37.2 Å². The minimum Gasteiger partial charge on any atom is -0.481 e. The molecule has 0 saturated carbocycles. The van der Waals surface area contributed by atoms with Crippen LogP contribution in [0.4, 0.5) is 5.82 Å². The molecule has 104 valence electrons. The highest BCUT2D eigenvalue weighted by molar-refractivity contribution is 5.92. The second kappa shape index (κ2) is 7.30. The van der Waals surface area contributed by atoms with Crippen LogP contribution in [0.25, 0.3) is 0 Å². The highest BCUT2D eigenvalue weighted by Gasteiger charge is 2.12. The van der Waals surface area contributed by atoms with Crippen LogP contribution in [0, 0.1) is 0 Å². The maximum Gasteiger partial charge on any atom is 0.305 e. The monoisotopic (exact) mass is 266 g/mol. The first kappa shape index (κ1) is 14.9. The molecule has 0 aliphatic carbocycles. The second-order valence-corrected chi connectivity index (χ2v) is 4.01. The number of amides is 1. The molecule has 1 unspecified atom stereocenters. The van der Waals surface area contributed by atoms with Crippen LogP contribution < -0.4 is 10.6 Å². The molecule has 0 saturated heterocycles. The van der Waals surface area contributed by atoms with E-state index in [1.165, 1.54) is 0 Å². The first-order valence-electron chi connectivity index (χ1n) is 6.17. The van der Waals surface area contributed by atoms with E-state index in [-0.39, 0.29) is 24.1 Å². The van der Waals surface area contributed by atoms with E-state index in [9.17, 15) is 9.59 Å². The maximum atomic E-state index is 11.5. The number of rotatable bonds is 7. The van der Waals surface area contributed by atoms with E-state index in [0.29, 0.717) is 18.8 Å². The Bertz CT molecular complexity index is 433. The summed E-state index contributed by atoms with van der Waals surface area (Å²) in [4.78, 5) is 22.1.